The third kappa shape index (κ3) is 4.37. The van der Waals surface area contributed by atoms with E-state index in [0.717, 1.165) is 36.2 Å². The number of benzene rings is 2. The number of tetrazole rings is 1. The van der Waals surface area contributed by atoms with Crippen molar-refractivity contribution in [3.05, 3.63) is 70.8 Å². The first-order valence-corrected chi connectivity index (χ1v) is 10.4. The molecule has 32 heavy (non-hydrogen) atoms. The lowest BCUT2D eigenvalue weighted by Gasteiger charge is -2.29. The van der Waals surface area contributed by atoms with Crippen LogP contribution in [0, 0.1) is 11.6 Å². The molecular weight excluding hydrogens is 414 g/mol. The molecule has 0 bridgehead atoms. The highest BCUT2D eigenvalue weighted by Gasteiger charge is 2.22. The molecule has 1 aromatic heterocycles. The van der Waals surface area contributed by atoms with Crippen molar-refractivity contribution >= 4 is 23.1 Å². The second-order valence-electron chi connectivity index (χ2n) is 8.06. The first kappa shape index (κ1) is 21.6. The van der Waals surface area contributed by atoms with Gasteiger partial charge in [-0.25, -0.2) is 8.78 Å². The van der Waals surface area contributed by atoms with Crippen molar-refractivity contribution in [3.63, 3.8) is 0 Å². The standard InChI is InChI=1S/C23H24F2N6O/c1-14(2)31-28-23(27-29-31)30-12-11-15(3)18(13-30)16-7-9-17(10-8-16)26-22(32)21-19(24)5-4-6-20(21)25/h4-10,14H,11-13H2,1-3H3,(H,26,32). The van der Waals surface area contributed by atoms with Gasteiger partial charge in [-0.05, 0) is 67.8 Å². The summed E-state index contributed by atoms with van der Waals surface area (Å²) in [6, 6.07) is 10.7. The van der Waals surface area contributed by atoms with Crippen molar-refractivity contribution in [2.75, 3.05) is 23.3 Å². The predicted molar refractivity (Wildman–Crippen MR) is 118 cm³/mol. The number of aromatic nitrogens is 4. The van der Waals surface area contributed by atoms with Crippen molar-refractivity contribution in [1.82, 2.24) is 20.2 Å². The molecule has 9 heteroatoms. The molecule has 0 unspecified atom stereocenters. The largest absolute Gasteiger partial charge is 0.334 e. The van der Waals surface area contributed by atoms with E-state index in [1.54, 1.807) is 16.9 Å². The Morgan fingerprint density at radius 2 is 1.78 bits per heavy atom. The van der Waals surface area contributed by atoms with Gasteiger partial charge in [0.15, 0.2) is 0 Å². The fraction of sp³-hybridized carbons (Fsp3) is 0.304. The lowest BCUT2D eigenvalue weighted by molar-refractivity contribution is 0.101. The lowest BCUT2D eigenvalue weighted by atomic mass is 9.95. The van der Waals surface area contributed by atoms with E-state index in [1.807, 2.05) is 26.0 Å². The van der Waals surface area contributed by atoms with E-state index < -0.39 is 23.1 Å². The average molecular weight is 438 g/mol. The molecule has 0 aliphatic carbocycles. The van der Waals surface area contributed by atoms with Gasteiger partial charge in [0.05, 0.1) is 6.04 Å². The lowest BCUT2D eigenvalue weighted by Crippen LogP contribution is -2.31. The number of amides is 1. The Labute approximate surface area is 184 Å². The third-order valence-electron chi connectivity index (χ3n) is 5.46. The number of halogens is 2. The van der Waals surface area contributed by atoms with Gasteiger partial charge in [-0.15, -0.1) is 5.10 Å². The third-order valence-corrected chi connectivity index (χ3v) is 5.46. The molecule has 0 spiro atoms. The van der Waals surface area contributed by atoms with Crippen molar-refractivity contribution < 1.29 is 13.6 Å². The summed E-state index contributed by atoms with van der Waals surface area (Å²) < 4.78 is 27.7. The molecule has 2 aromatic carbocycles. The Kier molecular flexibility index (Phi) is 5.98. The Morgan fingerprint density at radius 1 is 1.09 bits per heavy atom. The van der Waals surface area contributed by atoms with Crippen LogP contribution in [-0.4, -0.2) is 39.2 Å². The maximum absolute atomic E-state index is 13.8. The number of anilines is 2. The van der Waals surface area contributed by atoms with Gasteiger partial charge in [0.25, 0.3) is 11.9 Å². The molecule has 3 aromatic rings. The molecule has 7 nitrogen and oxygen atoms in total. The van der Waals surface area contributed by atoms with Crippen LogP contribution in [-0.2, 0) is 0 Å². The van der Waals surface area contributed by atoms with Crippen LogP contribution in [0.4, 0.5) is 20.4 Å². The first-order chi connectivity index (χ1) is 15.3. The van der Waals surface area contributed by atoms with Gasteiger partial charge in [-0.3, -0.25) is 4.79 Å². The highest BCUT2D eigenvalue weighted by molar-refractivity contribution is 6.04. The Hall–Kier alpha value is -3.62. The highest BCUT2D eigenvalue weighted by Crippen LogP contribution is 2.29. The number of nitrogens with zero attached hydrogens (tertiary/aromatic N) is 5. The molecule has 0 atom stereocenters. The first-order valence-electron chi connectivity index (χ1n) is 10.4. The van der Waals surface area contributed by atoms with Crippen LogP contribution in [0.15, 0.2) is 48.0 Å². The molecular formula is C23H24F2N6O. The minimum absolute atomic E-state index is 0.137. The molecule has 1 aliphatic heterocycles. The molecule has 0 saturated heterocycles. The summed E-state index contributed by atoms with van der Waals surface area (Å²) in [5.41, 5.74) is 3.27. The van der Waals surface area contributed by atoms with E-state index in [1.165, 1.54) is 11.6 Å². The van der Waals surface area contributed by atoms with Crippen LogP contribution in [0.5, 0.6) is 0 Å². The van der Waals surface area contributed by atoms with E-state index in [-0.39, 0.29) is 6.04 Å². The van der Waals surface area contributed by atoms with Gasteiger partial charge in [0.2, 0.25) is 0 Å². The van der Waals surface area contributed by atoms with Gasteiger partial charge in [0, 0.05) is 18.8 Å². The van der Waals surface area contributed by atoms with Crippen LogP contribution in [0.3, 0.4) is 0 Å². The van der Waals surface area contributed by atoms with E-state index in [9.17, 15) is 13.6 Å². The Bertz CT molecular complexity index is 1150. The quantitative estimate of drug-likeness (QED) is 0.636. The fourth-order valence-corrected chi connectivity index (χ4v) is 3.59. The van der Waals surface area contributed by atoms with Crippen molar-refractivity contribution in [2.45, 2.75) is 33.2 Å². The van der Waals surface area contributed by atoms with Crippen LogP contribution in [0.2, 0.25) is 0 Å². The highest BCUT2D eigenvalue weighted by atomic mass is 19.1. The topological polar surface area (TPSA) is 75.9 Å². The van der Waals surface area contributed by atoms with Crippen LogP contribution < -0.4 is 10.2 Å². The minimum Gasteiger partial charge on any atom is -0.334 e. The van der Waals surface area contributed by atoms with E-state index in [2.05, 4.69) is 32.6 Å². The summed E-state index contributed by atoms with van der Waals surface area (Å²) in [5, 5.41) is 15.3. The van der Waals surface area contributed by atoms with E-state index >= 15 is 0 Å². The molecule has 1 amide bonds. The SMILES string of the molecule is CC1=C(c2ccc(NC(=O)c3c(F)cccc3F)cc2)CN(c2nnn(C(C)C)n2)CC1. The average Bonchev–Trinajstić information content (AvgIpc) is 3.25. The number of nitrogens with one attached hydrogen (secondary N) is 1. The van der Waals surface area contributed by atoms with E-state index in [0.29, 0.717) is 18.2 Å². The number of carbonyl (C=O) groups excluding carboxylic acids is 1. The van der Waals surface area contributed by atoms with Gasteiger partial charge >= 0.3 is 0 Å². The maximum atomic E-state index is 13.8. The zero-order valence-electron chi connectivity index (χ0n) is 18.1. The maximum Gasteiger partial charge on any atom is 0.266 e. The molecule has 0 saturated carbocycles. The molecule has 0 fully saturated rings. The van der Waals surface area contributed by atoms with E-state index in [4.69, 9.17) is 0 Å². The predicted octanol–water partition coefficient (Wildman–Crippen LogP) is 4.47. The summed E-state index contributed by atoms with van der Waals surface area (Å²) in [6.07, 6.45) is 0.872. The van der Waals surface area contributed by atoms with Gasteiger partial charge in [-0.1, -0.05) is 28.9 Å². The zero-order chi connectivity index (χ0) is 22.8. The van der Waals surface area contributed by atoms with Crippen molar-refractivity contribution in [2.24, 2.45) is 0 Å². The molecule has 2 heterocycles. The molecule has 4 rings (SSSR count). The number of rotatable bonds is 5. The molecule has 0 radical (unpaired) electrons. The summed E-state index contributed by atoms with van der Waals surface area (Å²) in [4.78, 5) is 16.0. The second-order valence-corrected chi connectivity index (χ2v) is 8.06. The van der Waals surface area contributed by atoms with Gasteiger partial charge in [0.1, 0.15) is 17.2 Å². The van der Waals surface area contributed by atoms with Crippen molar-refractivity contribution in [1.29, 1.82) is 0 Å². The molecule has 166 valence electrons. The number of hydrogen-bond acceptors (Lipinski definition) is 5. The zero-order valence-corrected chi connectivity index (χ0v) is 18.1. The normalized spacial score (nSPS) is 14.2. The summed E-state index contributed by atoms with van der Waals surface area (Å²) in [5.74, 6) is -2.03. The summed E-state index contributed by atoms with van der Waals surface area (Å²) >= 11 is 0. The molecule has 1 aliphatic rings. The number of carbonyl (C=O) groups is 1. The van der Waals surface area contributed by atoms with Crippen molar-refractivity contribution in [3.8, 4) is 0 Å². The van der Waals surface area contributed by atoms with Gasteiger partial charge in [-0.2, -0.15) is 4.80 Å². The van der Waals surface area contributed by atoms with Crippen LogP contribution in [0.25, 0.3) is 5.57 Å². The summed E-state index contributed by atoms with van der Waals surface area (Å²) in [6.45, 7) is 7.54. The monoisotopic (exact) mass is 438 g/mol. The Morgan fingerprint density at radius 3 is 2.41 bits per heavy atom. The van der Waals surface area contributed by atoms with Crippen LogP contribution in [0.1, 0.15) is 49.2 Å². The van der Waals surface area contributed by atoms with Crippen LogP contribution >= 0.6 is 0 Å². The smallest absolute Gasteiger partial charge is 0.266 e. The number of hydrogen-bond donors (Lipinski definition) is 1. The Balaban J connectivity index is 1.49. The minimum atomic E-state index is -0.898. The second kappa shape index (κ2) is 8.86. The fourth-order valence-electron chi connectivity index (χ4n) is 3.59. The van der Waals surface area contributed by atoms with Gasteiger partial charge < -0.3 is 10.2 Å². The molecule has 1 N–H and O–H groups in total. The summed E-state index contributed by atoms with van der Waals surface area (Å²) in [7, 11) is 0.